The molecule has 5 bridgehead atoms. The van der Waals surface area contributed by atoms with Crippen LogP contribution < -0.4 is 4.90 Å². The topological polar surface area (TPSA) is 35.9 Å². The molecule has 1 N–H and O–H groups in total. The number of anilines is 1. The zero-order valence-electron chi connectivity index (χ0n) is 16.0. The van der Waals surface area contributed by atoms with Gasteiger partial charge in [-0.05, 0) is 43.7 Å². The Balaban J connectivity index is 1.55. The lowest BCUT2D eigenvalue weighted by Crippen LogP contribution is -2.73. The van der Waals surface area contributed by atoms with Gasteiger partial charge in [0.25, 0.3) is 0 Å². The van der Waals surface area contributed by atoms with Gasteiger partial charge < -0.3 is 14.7 Å². The van der Waals surface area contributed by atoms with Crippen LogP contribution in [0, 0.1) is 17.8 Å². The normalized spacial score (nSPS) is 52.5. The fourth-order valence-corrected chi connectivity index (χ4v) is 8.23. The number of para-hydroxylation sites is 1. The third-order valence-corrected chi connectivity index (χ3v) is 8.77. The van der Waals surface area contributed by atoms with Crippen molar-refractivity contribution in [1.82, 2.24) is 4.90 Å². The molecule has 1 aromatic carbocycles. The van der Waals surface area contributed by atoms with Gasteiger partial charge in [0.05, 0.1) is 12.1 Å². The fraction of sp³-hybridized carbons (Fsp3) is 0.727. The monoisotopic (exact) mass is 354 g/mol. The Kier molecular flexibility index (Phi) is 3.08. The van der Waals surface area contributed by atoms with E-state index in [-0.39, 0.29) is 17.7 Å². The van der Waals surface area contributed by atoms with Crippen molar-refractivity contribution >= 4 is 5.69 Å². The first kappa shape index (κ1) is 15.9. The van der Waals surface area contributed by atoms with Crippen LogP contribution in [0.2, 0.25) is 0 Å². The highest BCUT2D eigenvalue weighted by atomic mass is 16.5. The van der Waals surface area contributed by atoms with Gasteiger partial charge in [-0.25, -0.2) is 0 Å². The largest absolute Gasteiger partial charge is 0.392 e. The van der Waals surface area contributed by atoms with Gasteiger partial charge >= 0.3 is 0 Å². The SMILES string of the molecule is CCO[C@@H]1[C@@H](CC)[C@@H]2C[C@H]3[C@@H]4N(C)c5ccccc5[C@]45C[C@@H](C2C5O)N13. The van der Waals surface area contributed by atoms with Gasteiger partial charge in [-0.3, -0.25) is 4.90 Å². The second-order valence-electron chi connectivity index (χ2n) is 9.24. The number of ether oxygens (including phenoxy) is 1. The molecular weight excluding hydrogens is 324 g/mol. The average molecular weight is 354 g/mol. The summed E-state index contributed by atoms with van der Waals surface area (Å²) in [5.41, 5.74) is 2.67. The van der Waals surface area contributed by atoms with Crippen LogP contribution in [-0.4, -0.2) is 54.1 Å². The highest BCUT2D eigenvalue weighted by Crippen LogP contribution is 2.69. The van der Waals surface area contributed by atoms with Gasteiger partial charge in [0.1, 0.15) is 6.23 Å². The molecule has 5 aliphatic heterocycles. The third kappa shape index (κ3) is 1.49. The van der Waals surface area contributed by atoms with Gasteiger partial charge in [0, 0.05) is 48.7 Å². The number of likely N-dealkylation sites (N-methyl/N-ethyl adjacent to an activating group) is 1. The summed E-state index contributed by atoms with van der Waals surface area (Å²) in [6, 6.07) is 10.2. The maximum absolute atomic E-state index is 11.8. The molecule has 3 unspecified atom stereocenters. The van der Waals surface area contributed by atoms with Crippen LogP contribution in [-0.2, 0) is 10.2 Å². The maximum atomic E-state index is 11.8. The molecule has 6 aliphatic rings. The van der Waals surface area contributed by atoms with Crippen LogP contribution >= 0.6 is 0 Å². The molecule has 5 heterocycles. The van der Waals surface area contributed by atoms with Gasteiger partial charge in [-0.2, -0.15) is 0 Å². The summed E-state index contributed by atoms with van der Waals surface area (Å²) in [6.45, 7) is 5.21. The van der Waals surface area contributed by atoms with Crippen molar-refractivity contribution < 1.29 is 9.84 Å². The Morgan fingerprint density at radius 3 is 2.81 bits per heavy atom. The molecule has 0 amide bonds. The van der Waals surface area contributed by atoms with Crippen molar-refractivity contribution in [3.05, 3.63) is 29.8 Å². The van der Waals surface area contributed by atoms with Gasteiger partial charge in [-0.1, -0.05) is 25.1 Å². The molecule has 1 saturated carbocycles. The van der Waals surface area contributed by atoms with Crippen LogP contribution in [0.5, 0.6) is 0 Å². The average Bonchev–Trinajstić information content (AvgIpc) is 3.04. The highest BCUT2D eigenvalue weighted by Gasteiger charge is 2.76. The fourth-order valence-electron chi connectivity index (χ4n) is 8.23. The summed E-state index contributed by atoms with van der Waals surface area (Å²) in [5, 5.41) is 11.8. The lowest BCUT2D eigenvalue weighted by atomic mass is 9.62. The van der Waals surface area contributed by atoms with Crippen molar-refractivity contribution in [2.24, 2.45) is 17.8 Å². The van der Waals surface area contributed by atoms with E-state index >= 15 is 0 Å². The third-order valence-electron chi connectivity index (χ3n) is 8.77. The number of aliphatic hydroxyl groups is 1. The number of rotatable bonds is 3. The molecule has 1 aromatic rings. The van der Waals surface area contributed by atoms with Gasteiger partial charge in [0.2, 0.25) is 0 Å². The predicted molar refractivity (Wildman–Crippen MR) is 101 cm³/mol. The zero-order chi connectivity index (χ0) is 17.8. The number of fused-ring (bicyclic) bond motifs is 2. The van der Waals surface area contributed by atoms with E-state index in [2.05, 4.69) is 55.0 Å². The molecule has 1 spiro atoms. The molecular formula is C22H30N2O2. The first-order valence-electron chi connectivity index (χ1n) is 10.5. The number of hydrogen-bond acceptors (Lipinski definition) is 4. The van der Waals surface area contributed by atoms with E-state index in [4.69, 9.17) is 4.74 Å². The number of benzene rings is 1. The molecule has 4 saturated heterocycles. The highest BCUT2D eigenvalue weighted by molar-refractivity contribution is 5.67. The van der Waals surface area contributed by atoms with Crippen molar-refractivity contribution in [2.75, 3.05) is 18.6 Å². The maximum Gasteiger partial charge on any atom is 0.114 e. The molecule has 0 radical (unpaired) electrons. The second-order valence-corrected chi connectivity index (χ2v) is 9.24. The summed E-state index contributed by atoms with van der Waals surface area (Å²) in [7, 11) is 2.25. The quantitative estimate of drug-likeness (QED) is 0.905. The number of nitrogens with zero attached hydrogens (tertiary/aromatic N) is 2. The van der Waals surface area contributed by atoms with E-state index < -0.39 is 0 Å². The van der Waals surface area contributed by atoms with E-state index in [0.717, 1.165) is 19.4 Å². The number of piperidine rings is 4. The minimum absolute atomic E-state index is 0.0734. The number of aliphatic hydroxyl groups excluding tert-OH is 1. The van der Waals surface area contributed by atoms with Crippen LogP contribution in [0.1, 0.15) is 38.7 Å². The van der Waals surface area contributed by atoms with Crippen LogP contribution in [0.4, 0.5) is 5.69 Å². The van der Waals surface area contributed by atoms with E-state index in [1.54, 1.807) is 0 Å². The Labute approximate surface area is 156 Å². The van der Waals surface area contributed by atoms with E-state index in [9.17, 15) is 5.11 Å². The van der Waals surface area contributed by atoms with Gasteiger partial charge in [0.15, 0.2) is 0 Å². The van der Waals surface area contributed by atoms with E-state index in [0.29, 0.717) is 35.9 Å². The van der Waals surface area contributed by atoms with Crippen LogP contribution in [0.15, 0.2) is 24.3 Å². The predicted octanol–water partition coefficient (Wildman–Crippen LogP) is 2.60. The van der Waals surface area contributed by atoms with Crippen molar-refractivity contribution in [1.29, 1.82) is 0 Å². The summed E-state index contributed by atoms with van der Waals surface area (Å²) < 4.78 is 6.34. The van der Waals surface area contributed by atoms with E-state index in [1.807, 2.05) is 0 Å². The molecule has 1 aliphatic carbocycles. The van der Waals surface area contributed by atoms with Crippen LogP contribution in [0.25, 0.3) is 0 Å². The lowest BCUT2D eigenvalue weighted by Gasteiger charge is -2.63. The number of hydrogen-bond donors (Lipinski definition) is 1. The Hall–Kier alpha value is -1.10. The second kappa shape index (κ2) is 5.03. The zero-order valence-corrected chi connectivity index (χ0v) is 16.0. The van der Waals surface area contributed by atoms with Gasteiger partial charge in [-0.15, -0.1) is 0 Å². The molecule has 4 nitrogen and oxygen atoms in total. The first-order chi connectivity index (χ1) is 12.6. The van der Waals surface area contributed by atoms with Crippen LogP contribution in [0.3, 0.4) is 0 Å². The smallest absolute Gasteiger partial charge is 0.114 e. The summed E-state index contributed by atoms with van der Waals surface area (Å²) in [6.07, 6.45) is 3.50. The Morgan fingerprint density at radius 2 is 2.04 bits per heavy atom. The molecule has 26 heavy (non-hydrogen) atoms. The first-order valence-corrected chi connectivity index (χ1v) is 10.5. The summed E-state index contributed by atoms with van der Waals surface area (Å²) in [5.74, 6) is 1.59. The minimum atomic E-state index is -0.222. The molecule has 0 aromatic heterocycles. The van der Waals surface area contributed by atoms with Crippen molar-refractivity contribution in [3.8, 4) is 0 Å². The summed E-state index contributed by atoms with van der Waals surface area (Å²) >= 11 is 0. The standard InChI is InChI=1S/C22H30N2O2/c1-4-12-13-10-16-19-22(14-8-6-7-9-15(14)23(19)3)11-17(18(13)20(22)25)24(16)21(12)26-5-2/h6-9,12-13,16-21,25H,4-5,10-11H2,1-3H3/t12-,13-,16-,17-,18?,19-,20?,21+,22+/m0/s1. The minimum Gasteiger partial charge on any atom is -0.392 e. The van der Waals surface area contributed by atoms with E-state index in [1.165, 1.54) is 17.7 Å². The molecule has 140 valence electrons. The summed E-state index contributed by atoms with van der Waals surface area (Å²) in [4.78, 5) is 5.22. The molecule has 10 atom stereocenters. The Bertz CT molecular complexity index is 753. The molecule has 5 fully saturated rings. The van der Waals surface area contributed by atoms with Crippen molar-refractivity contribution in [3.63, 3.8) is 0 Å². The lowest BCUT2D eigenvalue weighted by molar-refractivity contribution is -0.230. The van der Waals surface area contributed by atoms with Crippen molar-refractivity contribution in [2.45, 2.75) is 69.0 Å². The Morgan fingerprint density at radius 1 is 1.23 bits per heavy atom. The molecule has 4 heteroatoms. The molecule has 7 rings (SSSR count).